The van der Waals surface area contributed by atoms with Crippen molar-refractivity contribution in [1.29, 1.82) is 0 Å². The van der Waals surface area contributed by atoms with Crippen molar-refractivity contribution in [2.24, 2.45) is 0 Å². The summed E-state index contributed by atoms with van der Waals surface area (Å²) in [4.78, 5) is 0. The number of benzene rings is 1. The third-order valence-corrected chi connectivity index (χ3v) is 2.45. The lowest BCUT2D eigenvalue weighted by Gasteiger charge is -2.04. The van der Waals surface area contributed by atoms with Crippen molar-refractivity contribution in [2.45, 2.75) is 12.8 Å². The van der Waals surface area contributed by atoms with E-state index in [1.165, 1.54) is 18.2 Å². The number of hydrogen-bond donors (Lipinski definition) is 2. The van der Waals surface area contributed by atoms with E-state index in [0.29, 0.717) is 18.1 Å². The average Bonchev–Trinajstić information content (AvgIpc) is 2.92. The number of nitrogens with zero attached hydrogens (tertiary/aromatic N) is 2. The highest BCUT2D eigenvalue weighted by molar-refractivity contribution is 5.59. The van der Waals surface area contributed by atoms with Gasteiger partial charge in [-0.2, -0.15) is 0 Å². The Hall–Kier alpha value is -2.42. The molecule has 2 aromatic rings. The summed E-state index contributed by atoms with van der Waals surface area (Å²) in [7, 11) is 1.75. The Morgan fingerprint density at radius 3 is 2.80 bits per heavy atom. The predicted octanol–water partition coefficient (Wildman–Crippen LogP) is 1.85. The van der Waals surface area contributed by atoms with Crippen LogP contribution in [0.5, 0.6) is 11.5 Å². The van der Waals surface area contributed by atoms with Crippen molar-refractivity contribution in [1.82, 2.24) is 15.5 Å². The van der Waals surface area contributed by atoms with Gasteiger partial charge in [-0.3, -0.25) is 0 Å². The molecule has 1 aliphatic rings. The van der Waals surface area contributed by atoms with Gasteiger partial charge in [0.1, 0.15) is 0 Å². The molecule has 0 atom stereocenters. The van der Waals surface area contributed by atoms with Crippen LogP contribution in [0.1, 0.15) is 5.89 Å². The first kappa shape index (κ1) is 12.6. The fraction of sp³-hybridized carbons (Fsp3) is 0.273. The largest absolute Gasteiger partial charge is 0.586 e. The summed E-state index contributed by atoms with van der Waals surface area (Å²) >= 11 is 0. The lowest BCUT2D eigenvalue weighted by Crippen LogP contribution is -2.25. The van der Waals surface area contributed by atoms with Crippen molar-refractivity contribution in [2.75, 3.05) is 12.4 Å². The Morgan fingerprint density at radius 2 is 2.00 bits per heavy atom. The van der Waals surface area contributed by atoms with E-state index in [-0.39, 0.29) is 17.5 Å². The maximum atomic E-state index is 12.9. The number of halogens is 2. The molecule has 1 aromatic carbocycles. The summed E-state index contributed by atoms with van der Waals surface area (Å²) in [6.07, 6.45) is -3.63. The molecule has 0 radical (unpaired) electrons. The molecule has 0 saturated carbocycles. The van der Waals surface area contributed by atoms with Crippen LogP contribution in [0.4, 0.5) is 20.5 Å². The third-order valence-electron chi connectivity index (χ3n) is 2.45. The third kappa shape index (κ3) is 2.48. The number of anilines is 2. The second-order valence-electron chi connectivity index (χ2n) is 3.99. The zero-order valence-corrected chi connectivity index (χ0v) is 10.3. The maximum absolute atomic E-state index is 12.9. The van der Waals surface area contributed by atoms with Gasteiger partial charge in [0.05, 0.1) is 6.54 Å². The molecular formula is C11H10F2N4O3. The van der Waals surface area contributed by atoms with E-state index in [2.05, 4.69) is 30.3 Å². The van der Waals surface area contributed by atoms with Crippen molar-refractivity contribution >= 4 is 11.7 Å². The van der Waals surface area contributed by atoms with Crippen LogP contribution in [0.3, 0.4) is 0 Å². The predicted molar refractivity (Wildman–Crippen MR) is 63.0 cm³/mol. The highest BCUT2D eigenvalue weighted by Crippen LogP contribution is 2.42. The lowest BCUT2D eigenvalue weighted by molar-refractivity contribution is -0.286. The fourth-order valence-corrected chi connectivity index (χ4v) is 1.68. The Balaban J connectivity index is 1.75. The van der Waals surface area contributed by atoms with Crippen molar-refractivity contribution in [3.63, 3.8) is 0 Å². The Kier molecular flexibility index (Phi) is 2.90. The molecule has 0 amide bonds. The molecule has 20 heavy (non-hydrogen) atoms. The molecule has 2 heterocycles. The highest BCUT2D eigenvalue weighted by Gasteiger charge is 2.43. The number of hydrogen-bond acceptors (Lipinski definition) is 7. The maximum Gasteiger partial charge on any atom is 0.586 e. The topological polar surface area (TPSA) is 81.4 Å². The molecule has 7 nitrogen and oxygen atoms in total. The number of aromatic nitrogens is 2. The minimum Gasteiger partial charge on any atom is -0.406 e. The summed E-state index contributed by atoms with van der Waals surface area (Å²) < 4.78 is 39.7. The molecule has 9 heteroatoms. The highest BCUT2D eigenvalue weighted by atomic mass is 19.3. The van der Waals surface area contributed by atoms with Crippen molar-refractivity contribution in [3.8, 4) is 11.5 Å². The molecule has 0 fully saturated rings. The van der Waals surface area contributed by atoms with E-state index in [1.54, 1.807) is 7.05 Å². The van der Waals surface area contributed by atoms with Crippen LogP contribution in [0.15, 0.2) is 22.6 Å². The zero-order chi connectivity index (χ0) is 14.2. The summed E-state index contributed by atoms with van der Waals surface area (Å²) in [6, 6.07) is 4.41. The fourth-order valence-electron chi connectivity index (χ4n) is 1.68. The molecule has 1 aliphatic heterocycles. The number of fused-ring (bicyclic) bond motifs is 1. The molecule has 0 spiro atoms. The van der Waals surface area contributed by atoms with Gasteiger partial charge in [-0.1, -0.05) is 5.10 Å². The molecule has 3 rings (SSSR count). The molecule has 0 bridgehead atoms. The van der Waals surface area contributed by atoms with Gasteiger partial charge >= 0.3 is 12.3 Å². The summed E-state index contributed by atoms with van der Waals surface area (Å²) in [5, 5.41) is 13.2. The summed E-state index contributed by atoms with van der Waals surface area (Å²) in [6.45, 7) is 0.433. The number of nitrogens with one attached hydrogen (secondary N) is 2. The number of alkyl halides is 2. The summed E-state index contributed by atoms with van der Waals surface area (Å²) in [5.74, 6) is 0.319. The zero-order valence-electron chi connectivity index (χ0n) is 10.3. The summed E-state index contributed by atoms with van der Waals surface area (Å²) in [5.41, 5.74) is 0.463. The molecule has 0 saturated heterocycles. The minimum absolute atomic E-state index is 0.0260. The van der Waals surface area contributed by atoms with Gasteiger partial charge < -0.3 is 24.5 Å². The van der Waals surface area contributed by atoms with E-state index < -0.39 is 6.29 Å². The quantitative estimate of drug-likeness (QED) is 0.886. The minimum atomic E-state index is -3.63. The second kappa shape index (κ2) is 4.60. The van der Waals surface area contributed by atoms with Gasteiger partial charge in [-0.25, -0.2) is 0 Å². The molecule has 0 aliphatic carbocycles. The Bertz CT molecular complexity index is 632. The van der Waals surface area contributed by atoms with Gasteiger partial charge in [-0.15, -0.1) is 13.9 Å². The van der Waals surface area contributed by atoms with Crippen LogP contribution in [0, 0.1) is 0 Å². The first-order chi connectivity index (χ1) is 9.55. The van der Waals surface area contributed by atoms with Crippen LogP contribution < -0.4 is 20.1 Å². The van der Waals surface area contributed by atoms with Crippen LogP contribution in [0.25, 0.3) is 0 Å². The molecule has 106 valence electrons. The van der Waals surface area contributed by atoms with Gasteiger partial charge in [0.15, 0.2) is 11.5 Å². The van der Waals surface area contributed by atoms with E-state index in [9.17, 15) is 8.78 Å². The molecule has 0 unspecified atom stereocenters. The van der Waals surface area contributed by atoms with Gasteiger partial charge in [0.2, 0.25) is 5.89 Å². The van der Waals surface area contributed by atoms with Crippen molar-refractivity contribution < 1.29 is 22.7 Å². The SMILES string of the molecule is CNCc1nnc(Nc2ccc3c(c2)OC(F)(F)O3)o1. The van der Waals surface area contributed by atoms with Gasteiger partial charge in [0.25, 0.3) is 0 Å². The van der Waals surface area contributed by atoms with Crippen LogP contribution in [-0.2, 0) is 6.54 Å². The van der Waals surface area contributed by atoms with Crippen LogP contribution >= 0.6 is 0 Å². The van der Waals surface area contributed by atoms with Crippen LogP contribution in [-0.4, -0.2) is 23.5 Å². The number of rotatable bonds is 4. The van der Waals surface area contributed by atoms with Crippen molar-refractivity contribution in [3.05, 3.63) is 24.1 Å². The van der Waals surface area contributed by atoms with Gasteiger partial charge in [0, 0.05) is 11.8 Å². The van der Waals surface area contributed by atoms with E-state index in [1.807, 2.05) is 0 Å². The Labute approximate surface area is 111 Å². The van der Waals surface area contributed by atoms with E-state index in [0.717, 1.165) is 0 Å². The lowest BCUT2D eigenvalue weighted by atomic mass is 10.3. The van der Waals surface area contributed by atoms with Gasteiger partial charge in [-0.05, 0) is 19.2 Å². The first-order valence-corrected chi connectivity index (χ1v) is 5.70. The Morgan fingerprint density at radius 1 is 1.20 bits per heavy atom. The smallest absolute Gasteiger partial charge is 0.406 e. The first-order valence-electron chi connectivity index (χ1n) is 5.70. The van der Waals surface area contributed by atoms with E-state index >= 15 is 0 Å². The number of ether oxygens (including phenoxy) is 2. The van der Waals surface area contributed by atoms with Crippen LogP contribution in [0.2, 0.25) is 0 Å². The molecular weight excluding hydrogens is 274 g/mol. The monoisotopic (exact) mass is 284 g/mol. The molecule has 2 N–H and O–H groups in total. The normalized spacial score (nSPS) is 15.3. The average molecular weight is 284 g/mol. The standard InChI is InChI=1S/C11H10F2N4O3/c1-14-5-9-16-17-10(18-9)15-6-2-3-7-8(4-6)20-11(12,13)19-7/h2-4,14H,5H2,1H3,(H,15,17). The van der Waals surface area contributed by atoms with E-state index in [4.69, 9.17) is 4.42 Å². The molecule has 1 aromatic heterocycles. The second-order valence-corrected chi connectivity index (χ2v) is 3.99.